The second kappa shape index (κ2) is 9.61. The first-order valence-electron chi connectivity index (χ1n) is 9.52. The molecule has 1 fully saturated rings. The number of hydrogen-bond acceptors (Lipinski definition) is 4. The Balaban J connectivity index is 0.00000160. The Morgan fingerprint density at radius 2 is 1.83 bits per heavy atom. The fourth-order valence-electron chi connectivity index (χ4n) is 4.65. The third-order valence-electron chi connectivity index (χ3n) is 6.29. The first kappa shape index (κ1) is 25.2. The fourth-order valence-corrected chi connectivity index (χ4v) is 4.84. The lowest BCUT2D eigenvalue weighted by Crippen LogP contribution is -2.47. The zero-order valence-corrected chi connectivity index (χ0v) is 18.6. The second-order valence-electron chi connectivity index (χ2n) is 7.79. The van der Waals surface area contributed by atoms with Crippen LogP contribution in [0.25, 0.3) is 0 Å². The topological polar surface area (TPSA) is 60.0 Å². The molecule has 11 heteroatoms. The highest BCUT2D eigenvalue weighted by Crippen LogP contribution is 2.41. The molecule has 1 aromatic heterocycles. The van der Waals surface area contributed by atoms with Crippen molar-refractivity contribution >= 4 is 36.4 Å². The van der Waals surface area contributed by atoms with E-state index in [2.05, 4.69) is 21.2 Å². The lowest BCUT2D eigenvalue weighted by molar-refractivity contribution is -0.148. The van der Waals surface area contributed by atoms with E-state index in [9.17, 15) is 13.2 Å². The lowest BCUT2D eigenvalue weighted by Gasteiger charge is -2.44. The number of rotatable bonds is 3. The van der Waals surface area contributed by atoms with Gasteiger partial charge in [-0.25, -0.2) is 0 Å². The van der Waals surface area contributed by atoms with Crippen LogP contribution in [0.1, 0.15) is 42.9 Å². The van der Waals surface area contributed by atoms with Crippen LogP contribution < -0.4 is 5.73 Å². The second-order valence-corrected chi connectivity index (χ2v) is 8.22. The first-order valence-corrected chi connectivity index (χ1v) is 9.90. The van der Waals surface area contributed by atoms with Crippen LogP contribution in [0.3, 0.4) is 0 Å². The molecule has 2 N–H and O–H groups in total. The van der Waals surface area contributed by atoms with Gasteiger partial charge in [0.2, 0.25) is 5.82 Å². The molecule has 5 nitrogen and oxygen atoms in total. The Kier molecular flexibility index (Phi) is 8.07. The molecule has 0 bridgehead atoms. The molecule has 0 saturated heterocycles. The summed E-state index contributed by atoms with van der Waals surface area (Å²) in [5, 5.41) is 7.86. The van der Waals surface area contributed by atoms with Crippen LogP contribution in [-0.2, 0) is 24.7 Å². The molecule has 2 aromatic rings. The maximum Gasteiger partial charge on any atom is 0.451 e. The van der Waals surface area contributed by atoms with E-state index in [4.69, 9.17) is 17.3 Å². The summed E-state index contributed by atoms with van der Waals surface area (Å²) < 4.78 is 40.3. The van der Waals surface area contributed by atoms with Gasteiger partial charge in [0.25, 0.3) is 0 Å². The molecule has 1 aromatic carbocycles. The maximum absolute atomic E-state index is 13.0. The van der Waals surface area contributed by atoms with Gasteiger partial charge in [-0.2, -0.15) is 13.2 Å². The molecule has 0 radical (unpaired) electrons. The molecule has 1 aliphatic heterocycles. The third kappa shape index (κ3) is 4.72. The van der Waals surface area contributed by atoms with Gasteiger partial charge in [-0.3, -0.25) is 4.90 Å². The number of hydrogen-bond donors (Lipinski definition) is 1. The minimum atomic E-state index is -4.46. The van der Waals surface area contributed by atoms with Crippen molar-refractivity contribution in [1.82, 2.24) is 19.7 Å². The van der Waals surface area contributed by atoms with Crippen molar-refractivity contribution in [3.63, 3.8) is 0 Å². The Labute approximate surface area is 191 Å². The van der Waals surface area contributed by atoms with Gasteiger partial charge in [0, 0.05) is 36.1 Å². The molecule has 0 spiro atoms. The number of nitrogens with two attached hydrogens (primary N) is 1. The summed E-state index contributed by atoms with van der Waals surface area (Å²) in [5.74, 6) is -0.502. The summed E-state index contributed by atoms with van der Waals surface area (Å²) in [7, 11) is 0. The van der Waals surface area contributed by atoms with E-state index in [0.717, 1.165) is 25.7 Å². The van der Waals surface area contributed by atoms with Crippen molar-refractivity contribution in [1.29, 1.82) is 0 Å². The molecule has 0 atom stereocenters. The van der Waals surface area contributed by atoms with Crippen LogP contribution in [0.2, 0.25) is 5.02 Å². The van der Waals surface area contributed by atoms with Crippen LogP contribution in [0.5, 0.6) is 0 Å². The lowest BCUT2D eigenvalue weighted by atomic mass is 9.68. The molecule has 0 unspecified atom stereocenters. The van der Waals surface area contributed by atoms with Crippen LogP contribution in [-0.4, -0.2) is 38.8 Å². The van der Waals surface area contributed by atoms with Crippen molar-refractivity contribution in [3.8, 4) is 0 Å². The third-order valence-corrected chi connectivity index (χ3v) is 6.53. The number of aromatic nitrogens is 3. The highest BCUT2D eigenvalue weighted by Gasteiger charge is 2.41. The van der Waals surface area contributed by atoms with E-state index in [-0.39, 0.29) is 36.8 Å². The SMILES string of the molecule is Cl.Cl.NCC1(c2cccc(Cl)c2)CCC(N2CCn3c(nnc3C(F)(F)F)C2)CC1. The Morgan fingerprint density at radius 1 is 1.13 bits per heavy atom. The summed E-state index contributed by atoms with van der Waals surface area (Å²) in [6.45, 7) is 1.81. The van der Waals surface area contributed by atoms with Crippen LogP contribution in [0.15, 0.2) is 24.3 Å². The maximum atomic E-state index is 13.0. The summed E-state index contributed by atoms with van der Waals surface area (Å²) >= 11 is 6.17. The normalized spacial score (nSPS) is 24.5. The van der Waals surface area contributed by atoms with Crippen LogP contribution in [0, 0.1) is 0 Å². The molecule has 2 aliphatic rings. The highest BCUT2D eigenvalue weighted by atomic mass is 35.5. The number of nitrogens with zero attached hydrogens (tertiary/aromatic N) is 4. The van der Waals surface area contributed by atoms with Crippen LogP contribution in [0.4, 0.5) is 13.2 Å². The average molecular weight is 487 g/mol. The number of fused-ring (bicyclic) bond motifs is 1. The molecule has 0 amide bonds. The van der Waals surface area contributed by atoms with Gasteiger partial charge in [-0.1, -0.05) is 23.7 Å². The standard InChI is InChI=1S/C19H23ClF3N5.2ClH/c20-14-3-1-2-13(10-14)18(12-24)6-4-15(5-7-18)27-8-9-28-16(11-27)25-26-17(28)19(21,22)23;;/h1-3,10,15H,4-9,11-12,24H2;2*1H. The van der Waals surface area contributed by atoms with E-state index in [1.54, 1.807) is 0 Å². The zero-order valence-electron chi connectivity index (χ0n) is 16.2. The summed E-state index contributed by atoms with van der Waals surface area (Å²) in [4.78, 5) is 2.24. The zero-order chi connectivity index (χ0) is 19.9. The predicted octanol–water partition coefficient (Wildman–Crippen LogP) is 4.45. The van der Waals surface area contributed by atoms with Crippen molar-refractivity contribution in [2.75, 3.05) is 13.1 Å². The molecule has 168 valence electrons. The quantitative estimate of drug-likeness (QED) is 0.696. The first-order chi connectivity index (χ1) is 13.3. The summed E-state index contributed by atoms with van der Waals surface area (Å²) in [6.07, 6.45) is -0.694. The molecule has 1 aliphatic carbocycles. The van der Waals surface area contributed by atoms with E-state index in [1.165, 1.54) is 10.1 Å². The molecular formula is C19H25Cl3F3N5. The monoisotopic (exact) mass is 485 g/mol. The summed E-state index contributed by atoms with van der Waals surface area (Å²) in [5.41, 5.74) is 7.26. The van der Waals surface area contributed by atoms with E-state index >= 15 is 0 Å². The van der Waals surface area contributed by atoms with Crippen LogP contribution >= 0.6 is 36.4 Å². The van der Waals surface area contributed by atoms with E-state index < -0.39 is 12.0 Å². The number of halogens is 6. The van der Waals surface area contributed by atoms with Gasteiger partial charge in [-0.15, -0.1) is 35.0 Å². The Bertz CT molecular complexity index is 850. The Morgan fingerprint density at radius 3 is 2.43 bits per heavy atom. The van der Waals surface area contributed by atoms with Crippen molar-refractivity contribution in [2.45, 2.75) is 56.4 Å². The van der Waals surface area contributed by atoms with Gasteiger partial charge in [-0.05, 0) is 43.4 Å². The van der Waals surface area contributed by atoms with Crippen molar-refractivity contribution in [3.05, 3.63) is 46.5 Å². The fraction of sp³-hybridized carbons (Fsp3) is 0.579. The minimum Gasteiger partial charge on any atom is -0.330 e. The highest BCUT2D eigenvalue weighted by molar-refractivity contribution is 6.30. The Hall–Kier alpha value is -1.06. The van der Waals surface area contributed by atoms with Crippen molar-refractivity contribution < 1.29 is 13.2 Å². The van der Waals surface area contributed by atoms with Gasteiger partial charge >= 0.3 is 6.18 Å². The van der Waals surface area contributed by atoms with Gasteiger partial charge < -0.3 is 10.3 Å². The molecule has 30 heavy (non-hydrogen) atoms. The van der Waals surface area contributed by atoms with E-state index in [0.29, 0.717) is 36.5 Å². The molecule has 1 saturated carbocycles. The number of benzene rings is 1. The van der Waals surface area contributed by atoms with Gasteiger partial charge in [0.15, 0.2) is 0 Å². The molecular weight excluding hydrogens is 462 g/mol. The largest absolute Gasteiger partial charge is 0.451 e. The van der Waals surface area contributed by atoms with Gasteiger partial charge in [0.05, 0.1) is 6.54 Å². The minimum absolute atomic E-state index is 0. The number of alkyl halides is 3. The average Bonchev–Trinajstić information content (AvgIpc) is 3.12. The van der Waals surface area contributed by atoms with Gasteiger partial charge in [0.1, 0.15) is 5.82 Å². The predicted molar refractivity (Wildman–Crippen MR) is 114 cm³/mol. The smallest absolute Gasteiger partial charge is 0.330 e. The van der Waals surface area contributed by atoms with E-state index in [1.807, 2.05) is 18.2 Å². The molecule has 2 heterocycles. The molecule has 4 rings (SSSR count). The van der Waals surface area contributed by atoms with Crippen molar-refractivity contribution in [2.24, 2.45) is 5.73 Å². The summed E-state index contributed by atoms with van der Waals surface area (Å²) in [6, 6.07) is 8.22.